The van der Waals surface area contributed by atoms with E-state index in [4.69, 9.17) is 8.83 Å². The van der Waals surface area contributed by atoms with E-state index in [0.717, 1.165) is 49.4 Å². The Morgan fingerprint density at radius 1 is 0.326 bits per heavy atom. The van der Waals surface area contributed by atoms with E-state index in [0.29, 0.717) is 0 Å². The molecule has 0 amide bonds. The van der Waals surface area contributed by atoms with Crippen LogP contribution in [0, 0.1) is 0 Å². The molecule has 11 aromatic rings. The number of hydrogen-bond donors (Lipinski definition) is 0. The van der Waals surface area contributed by atoms with Crippen LogP contribution in [-0.2, 0) is 0 Å². The zero-order valence-corrected chi connectivity index (χ0v) is 26.0. The molecule has 7 aromatic carbocycles. The van der Waals surface area contributed by atoms with Gasteiger partial charge in [-0.2, -0.15) is 0 Å². The lowest BCUT2D eigenvalue weighted by Crippen LogP contribution is -1.81. The molecule has 4 heteroatoms. The van der Waals surface area contributed by atoms with Crippen LogP contribution in [0.3, 0.4) is 0 Å². The minimum absolute atomic E-state index is 0.880. The van der Waals surface area contributed by atoms with E-state index in [9.17, 15) is 0 Å². The number of furan rings is 2. The Hall–Kier alpha value is -5.42. The fourth-order valence-electron chi connectivity index (χ4n) is 7.25. The van der Waals surface area contributed by atoms with Gasteiger partial charge in [0.1, 0.15) is 22.3 Å². The molecule has 0 saturated heterocycles. The van der Waals surface area contributed by atoms with E-state index in [2.05, 4.69) is 115 Å². The lowest BCUT2D eigenvalue weighted by atomic mass is 9.98. The highest BCUT2D eigenvalue weighted by Gasteiger charge is 2.16. The standard InChI is InChI=1S/C42H22O2S2/c1-3-7-34-27(5-1)31-21-37-32(22-36(31)43-34)30-19-25(13-16-35(30)44-37)23-9-11-24(12-10-23)26-14-17-39-33(20-26)28-15-18-40-41(42(28)46-39)29-6-2-4-8-38(29)45-40/h1-22H. The third-order valence-corrected chi connectivity index (χ3v) is 11.8. The van der Waals surface area contributed by atoms with Crippen molar-refractivity contribution in [2.24, 2.45) is 0 Å². The third-order valence-electron chi connectivity index (χ3n) is 9.50. The van der Waals surface area contributed by atoms with Gasteiger partial charge in [0.25, 0.3) is 0 Å². The van der Waals surface area contributed by atoms with E-state index in [1.807, 2.05) is 40.9 Å². The van der Waals surface area contributed by atoms with Gasteiger partial charge >= 0.3 is 0 Å². The second-order valence-electron chi connectivity index (χ2n) is 12.1. The van der Waals surface area contributed by atoms with Crippen molar-refractivity contribution < 1.29 is 8.83 Å². The van der Waals surface area contributed by atoms with Crippen LogP contribution in [0.4, 0.5) is 0 Å². The smallest absolute Gasteiger partial charge is 0.136 e. The number of hydrogen-bond acceptors (Lipinski definition) is 4. The van der Waals surface area contributed by atoms with E-state index in [1.54, 1.807) is 0 Å². The molecule has 0 fully saturated rings. The van der Waals surface area contributed by atoms with E-state index < -0.39 is 0 Å². The minimum atomic E-state index is 0.880. The molecule has 0 spiro atoms. The highest BCUT2D eigenvalue weighted by molar-refractivity contribution is 7.29. The molecule has 0 radical (unpaired) electrons. The summed E-state index contributed by atoms with van der Waals surface area (Å²) < 4.78 is 17.9. The first-order valence-corrected chi connectivity index (χ1v) is 17.0. The average Bonchev–Trinajstić information content (AvgIpc) is 3.86. The molecule has 2 nitrogen and oxygen atoms in total. The van der Waals surface area contributed by atoms with Crippen molar-refractivity contribution in [1.82, 2.24) is 0 Å². The monoisotopic (exact) mass is 622 g/mol. The predicted molar refractivity (Wildman–Crippen MR) is 198 cm³/mol. The van der Waals surface area contributed by atoms with Crippen molar-refractivity contribution in [2.75, 3.05) is 0 Å². The second-order valence-corrected chi connectivity index (χ2v) is 14.2. The number of thiophene rings is 2. The van der Waals surface area contributed by atoms with Gasteiger partial charge in [0, 0.05) is 61.9 Å². The summed E-state index contributed by atoms with van der Waals surface area (Å²) in [5.41, 5.74) is 8.34. The molecule has 0 aliphatic rings. The summed E-state index contributed by atoms with van der Waals surface area (Å²) in [4.78, 5) is 0. The van der Waals surface area contributed by atoms with Crippen molar-refractivity contribution in [2.45, 2.75) is 0 Å². The van der Waals surface area contributed by atoms with Gasteiger partial charge in [-0.3, -0.25) is 0 Å². The summed E-state index contributed by atoms with van der Waals surface area (Å²) in [7, 11) is 0. The Bertz CT molecular complexity index is 3020. The summed E-state index contributed by atoms with van der Waals surface area (Å²) >= 11 is 3.80. The Morgan fingerprint density at radius 3 is 1.70 bits per heavy atom. The quantitative estimate of drug-likeness (QED) is 0.192. The molecule has 214 valence electrons. The van der Waals surface area contributed by atoms with Gasteiger partial charge in [-0.25, -0.2) is 0 Å². The first-order valence-electron chi connectivity index (χ1n) is 15.4. The first kappa shape index (κ1) is 24.8. The van der Waals surface area contributed by atoms with Gasteiger partial charge in [-0.05, 0) is 76.9 Å². The van der Waals surface area contributed by atoms with Crippen molar-refractivity contribution in [3.63, 3.8) is 0 Å². The van der Waals surface area contributed by atoms with Crippen LogP contribution in [0.15, 0.2) is 142 Å². The number of benzene rings is 7. The lowest BCUT2D eigenvalue weighted by molar-refractivity contribution is 0.664. The van der Waals surface area contributed by atoms with E-state index in [1.165, 1.54) is 57.0 Å². The Labute approximate surface area is 270 Å². The lowest BCUT2D eigenvalue weighted by Gasteiger charge is -2.06. The average molecular weight is 623 g/mol. The molecule has 0 aliphatic carbocycles. The molecule has 11 rings (SSSR count). The minimum Gasteiger partial charge on any atom is -0.456 e. The highest BCUT2D eigenvalue weighted by atomic mass is 32.1. The van der Waals surface area contributed by atoms with Crippen molar-refractivity contribution in [1.29, 1.82) is 0 Å². The van der Waals surface area contributed by atoms with Crippen LogP contribution in [0.1, 0.15) is 0 Å². The maximum absolute atomic E-state index is 6.31. The number of fused-ring (bicyclic) bond motifs is 13. The summed E-state index contributed by atoms with van der Waals surface area (Å²) in [6.07, 6.45) is 0. The van der Waals surface area contributed by atoms with Gasteiger partial charge in [0.05, 0.1) is 0 Å². The Morgan fingerprint density at radius 2 is 0.891 bits per heavy atom. The van der Waals surface area contributed by atoms with Crippen LogP contribution in [0.2, 0.25) is 0 Å². The molecule has 0 bridgehead atoms. The normalized spacial score (nSPS) is 12.3. The Kier molecular flexibility index (Phi) is 4.90. The fraction of sp³-hybridized carbons (Fsp3) is 0. The molecular weight excluding hydrogens is 601 g/mol. The van der Waals surface area contributed by atoms with Gasteiger partial charge in [0.15, 0.2) is 0 Å². The highest BCUT2D eigenvalue weighted by Crippen LogP contribution is 2.45. The predicted octanol–water partition coefficient (Wildman–Crippen LogP) is 13.6. The molecule has 46 heavy (non-hydrogen) atoms. The fourth-order valence-corrected chi connectivity index (χ4v) is 9.67. The first-order chi connectivity index (χ1) is 22.7. The third kappa shape index (κ3) is 3.45. The van der Waals surface area contributed by atoms with Gasteiger partial charge < -0.3 is 8.83 Å². The van der Waals surface area contributed by atoms with Crippen LogP contribution < -0.4 is 0 Å². The largest absolute Gasteiger partial charge is 0.456 e. The van der Waals surface area contributed by atoms with Crippen LogP contribution in [0.5, 0.6) is 0 Å². The van der Waals surface area contributed by atoms with E-state index >= 15 is 0 Å². The molecule has 0 atom stereocenters. The van der Waals surface area contributed by atoms with Gasteiger partial charge in [-0.1, -0.05) is 78.9 Å². The summed E-state index contributed by atoms with van der Waals surface area (Å²) in [5.74, 6) is 0. The topological polar surface area (TPSA) is 26.3 Å². The second kappa shape index (κ2) is 9.07. The molecule has 0 N–H and O–H groups in total. The van der Waals surface area contributed by atoms with Crippen molar-refractivity contribution in [3.8, 4) is 22.3 Å². The SMILES string of the molecule is c1ccc2c(c1)oc1cc3c(cc12)oc1ccc(-c2ccc(-c4ccc5sc6c(ccc7sc8ccccc8c76)c5c4)cc2)cc13. The maximum Gasteiger partial charge on any atom is 0.136 e. The number of rotatable bonds is 2. The van der Waals surface area contributed by atoms with Crippen molar-refractivity contribution in [3.05, 3.63) is 133 Å². The molecule has 4 heterocycles. The van der Waals surface area contributed by atoms with Crippen molar-refractivity contribution >= 4 is 107 Å². The van der Waals surface area contributed by atoms with Gasteiger partial charge in [-0.15, -0.1) is 22.7 Å². The Balaban J connectivity index is 0.991. The molecule has 0 unspecified atom stereocenters. The summed E-state index contributed by atoms with van der Waals surface area (Å²) in [6.45, 7) is 0. The van der Waals surface area contributed by atoms with Crippen LogP contribution >= 0.6 is 22.7 Å². The number of para-hydroxylation sites is 1. The van der Waals surface area contributed by atoms with Gasteiger partial charge in [0.2, 0.25) is 0 Å². The van der Waals surface area contributed by atoms with E-state index in [-0.39, 0.29) is 0 Å². The maximum atomic E-state index is 6.31. The molecular formula is C42H22O2S2. The summed E-state index contributed by atoms with van der Waals surface area (Å²) in [5, 5.41) is 9.80. The molecule has 0 saturated carbocycles. The van der Waals surface area contributed by atoms with Crippen LogP contribution in [0.25, 0.3) is 106 Å². The summed E-state index contributed by atoms with van der Waals surface area (Å²) in [6, 6.07) is 48.1. The zero-order valence-electron chi connectivity index (χ0n) is 24.3. The molecule has 4 aromatic heterocycles. The zero-order chi connectivity index (χ0) is 29.9. The van der Waals surface area contributed by atoms with Crippen LogP contribution in [-0.4, -0.2) is 0 Å². The molecule has 0 aliphatic heterocycles.